The van der Waals surface area contributed by atoms with Crippen LogP contribution in [0.5, 0.6) is 0 Å². The second-order valence-corrected chi connectivity index (χ2v) is 2.18. The first kappa shape index (κ1) is 6.31. The Hall–Kier alpha value is -0.810. The Morgan fingerprint density at radius 2 is 2.44 bits per heavy atom. The van der Waals surface area contributed by atoms with Gasteiger partial charge in [-0.25, -0.2) is 5.84 Å². The average molecular weight is 144 g/mol. The second-order valence-electron chi connectivity index (χ2n) is 1.80. The monoisotopic (exact) mass is 144 g/mol. The number of nitrogens with one attached hydrogen (secondary N) is 1. The van der Waals surface area contributed by atoms with Crippen molar-refractivity contribution in [2.24, 2.45) is 11.6 Å². The Balaban J connectivity index is 2.65. The predicted octanol–water partition coefficient (Wildman–Crippen LogP) is -1.15. The third-order valence-electron chi connectivity index (χ3n) is 0.995. The van der Waals surface area contributed by atoms with Crippen molar-refractivity contribution in [3.63, 3.8) is 0 Å². The van der Waals surface area contributed by atoms with E-state index in [1.807, 2.05) is 0 Å². The highest BCUT2D eigenvalue weighted by molar-refractivity contribution is 7.80. The maximum atomic E-state index is 5.40. The van der Waals surface area contributed by atoms with Crippen LogP contribution in [0.4, 0.5) is 0 Å². The van der Waals surface area contributed by atoms with Crippen LogP contribution in [0.15, 0.2) is 11.9 Å². The zero-order valence-corrected chi connectivity index (χ0v) is 5.61. The average Bonchev–Trinajstić information content (AvgIpc) is 1.80. The molecule has 0 radical (unpaired) electrons. The predicted molar refractivity (Wildman–Crippen MR) is 38.9 cm³/mol. The van der Waals surface area contributed by atoms with E-state index in [-0.39, 0.29) is 0 Å². The molecule has 0 aliphatic carbocycles. The largest absolute Gasteiger partial charge is 0.399 e. The fraction of sp³-hybridized carbons (Fsp3) is 0.250. The SMILES string of the molecule is NC1=CNC(=S)N(N)C1. The lowest BCUT2D eigenvalue weighted by Gasteiger charge is -2.23. The van der Waals surface area contributed by atoms with Crippen molar-refractivity contribution in [1.29, 1.82) is 0 Å². The van der Waals surface area contributed by atoms with Crippen LogP contribution in [0.25, 0.3) is 0 Å². The van der Waals surface area contributed by atoms with Gasteiger partial charge in [0.25, 0.3) is 0 Å². The van der Waals surface area contributed by atoms with Gasteiger partial charge in [0.2, 0.25) is 0 Å². The van der Waals surface area contributed by atoms with Crippen molar-refractivity contribution in [1.82, 2.24) is 10.3 Å². The molecule has 0 aromatic carbocycles. The molecule has 1 aliphatic rings. The molecule has 0 aromatic rings. The second kappa shape index (κ2) is 2.20. The van der Waals surface area contributed by atoms with Crippen LogP contribution in [0, 0.1) is 0 Å². The van der Waals surface area contributed by atoms with E-state index < -0.39 is 0 Å². The highest BCUT2D eigenvalue weighted by atomic mass is 32.1. The highest BCUT2D eigenvalue weighted by Crippen LogP contribution is 1.93. The molecule has 1 aliphatic heterocycles. The molecule has 0 saturated heterocycles. The quantitative estimate of drug-likeness (QED) is 0.296. The van der Waals surface area contributed by atoms with Gasteiger partial charge in [-0.15, -0.1) is 0 Å². The molecule has 0 aromatic heterocycles. The smallest absolute Gasteiger partial charge is 0.187 e. The molecular formula is C4H8N4S. The van der Waals surface area contributed by atoms with Gasteiger partial charge in [0.15, 0.2) is 5.11 Å². The normalized spacial score (nSPS) is 19.0. The summed E-state index contributed by atoms with van der Waals surface area (Å²) in [6.45, 7) is 0.506. The van der Waals surface area contributed by atoms with E-state index in [2.05, 4.69) is 5.32 Å². The molecule has 0 spiro atoms. The van der Waals surface area contributed by atoms with Gasteiger partial charge in [0.1, 0.15) is 0 Å². The number of nitrogens with zero attached hydrogens (tertiary/aromatic N) is 1. The molecule has 1 rings (SSSR count). The van der Waals surface area contributed by atoms with Crippen LogP contribution in [0.1, 0.15) is 0 Å². The van der Waals surface area contributed by atoms with E-state index in [1.54, 1.807) is 6.20 Å². The van der Waals surface area contributed by atoms with Gasteiger partial charge in [-0.3, -0.25) is 5.01 Å². The zero-order chi connectivity index (χ0) is 6.85. The highest BCUT2D eigenvalue weighted by Gasteiger charge is 2.08. The van der Waals surface area contributed by atoms with Crippen LogP contribution in [-0.4, -0.2) is 16.7 Å². The third kappa shape index (κ3) is 1.30. The number of nitrogens with two attached hydrogens (primary N) is 2. The first-order valence-corrected chi connectivity index (χ1v) is 2.88. The topological polar surface area (TPSA) is 67.3 Å². The van der Waals surface area contributed by atoms with Crippen LogP contribution in [-0.2, 0) is 0 Å². The number of hydrogen-bond donors (Lipinski definition) is 3. The minimum absolute atomic E-state index is 0.504. The first-order chi connectivity index (χ1) is 4.20. The van der Waals surface area contributed by atoms with Crippen molar-refractivity contribution in [2.45, 2.75) is 0 Å². The Kier molecular flexibility index (Phi) is 1.54. The summed E-state index contributed by atoms with van der Waals surface area (Å²) in [5, 5.41) is 4.61. The maximum Gasteiger partial charge on any atom is 0.187 e. The van der Waals surface area contributed by atoms with Gasteiger partial charge in [-0.1, -0.05) is 0 Å². The van der Waals surface area contributed by atoms with Crippen LogP contribution in [0.2, 0.25) is 0 Å². The molecule has 1 heterocycles. The van der Waals surface area contributed by atoms with Gasteiger partial charge in [0.05, 0.1) is 6.54 Å². The molecule has 50 valence electrons. The zero-order valence-electron chi connectivity index (χ0n) is 4.79. The van der Waals surface area contributed by atoms with Crippen molar-refractivity contribution < 1.29 is 0 Å². The Morgan fingerprint density at radius 3 is 2.89 bits per heavy atom. The minimum Gasteiger partial charge on any atom is -0.399 e. The maximum absolute atomic E-state index is 5.40. The summed E-state index contributed by atoms with van der Waals surface area (Å²) >= 11 is 4.77. The van der Waals surface area contributed by atoms with E-state index in [0.29, 0.717) is 17.4 Å². The first-order valence-electron chi connectivity index (χ1n) is 2.47. The van der Waals surface area contributed by atoms with Gasteiger partial charge in [-0.2, -0.15) is 0 Å². The van der Waals surface area contributed by atoms with Crippen molar-refractivity contribution in [3.8, 4) is 0 Å². The molecule has 0 saturated carbocycles. The summed E-state index contributed by atoms with van der Waals surface area (Å²) in [5.74, 6) is 5.38. The molecule has 0 fully saturated rings. The van der Waals surface area contributed by atoms with E-state index in [9.17, 15) is 0 Å². The van der Waals surface area contributed by atoms with Crippen LogP contribution in [0.3, 0.4) is 0 Å². The van der Waals surface area contributed by atoms with Gasteiger partial charge in [0, 0.05) is 11.9 Å². The Morgan fingerprint density at radius 1 is 1.78 bits per heavy atom. The van der Waals surface area contributed by atoms with E-state index in [1.165, 1.54) is 5.01 Å². The van der Waals surface area contributed by atoms with Crippen LogP contribution >= 0.6 is 12.2 Å². The molecule has 4 nitrogen and oxygen atoms in total. The molecule has 0 unspecified atom stereocenters. The lowest BCUT2D eigenvalue weighted by Crippen LogP contribution is -2.48. The third-order valence-corrected chi connectivity index (χ3v) is 1.35. The number of hydrogen-bond acceptors (Lipinski definition) is 3. The summed E-state index contributed by atoms with van der Waals surface area (Å²) in [6.07, 6.45) is 1.64. The van der Waals surface area contributed by atoms with E-state index in [4.69, 9.17) is 23.8 Å². The van der Waals surface area contributed by atoms with Gasteiger partial charge < -0.3 is 11.1 Å². The molecule has 5 heteroatoms. The standard InChI is InChI=1S/C4H8N4S/c5-3-1-7-4(9)8(6)2-3/h1H,2,5-6H2,(H,7,9). The molecule has 0 atom stereocenters. The molecule has 5 N–H and O–H groups in total. The van der Waals surface area contributed by atoms with Gasteiger partial charge >= 0.3 is 0 Å². The number of thiocarbonyl (C=S) groups is 1. The summed E-state index contributed by atoms with van der Waals surface area (Å²) < 4.78 is 0. The Bertz CT molecular complexity index is 164. The fourth-order valence-electron chi connectivity index (χ4n) is 0.551. The molecule has 0 amide bonds. The lowest BCUT2D eigenvalue weighted by molar-refractivity contribution is 0.459. The van der Waals surface area contributed by atoms with Crippen molar-refractivity contribution in [2.75, 3.05) is 6.54 Å². The lowest BCUT2D eigenvalue weighted by atomic mass is 10.4. The van der Waals surface area contributed by atoms with Crippen LogP contribution < -0.4 is 16.9 Å². The number of hydrazine groups is 1. The van der Waals surface area contributed by atoms with Gasteiger partial charge in [-0.05, 0) is 12.2 Å². The summed E-state index contributed by atoms with van der Waals surface area (Å²) in [5.41, 5.74) is 6.09. The Labute approximate surface area is 58.5 Å². The van der Waals surface area contributed by atoms with E-state index in [0.717, 1.165) is 0 Å². The van der Waals surface area contributed by atoms with Crippen molar-refractivity contribution >= 4 is 17.3 Å². The summed E-state index contributed by atoms with van der Waals surface area (Å²) in [6, 6.07) is 0. The molecule has 0 bridgehead atoms. The molecular weight excluding hydrogens is 136 g/mol. The van der Waals surface area contributed by atoms with Crippen molar-refractivity contribution in [3.05, 3.63) is 11.9 Å². The number of rotatable bonds is 0. The summed E-state index contributed by atoms with van der Waals surface area (Å²) in [4.78, 5) is 0. The summed E-state index contributed by atoms with van der Waals surface area (Å²) in [7, 11) is 0. The fourth-order valence-corrected chi connectivity index (χ4v) is 0.675. The van der Waals surface area contributed by atoms with E-state index >= 15 is 0 Å². The minimum atomic E-state index is 0.504. The molecule has 9 heavy (non-hydrogen) atoms.